The summed E-state index contributed by atoms with van der Waals surface area (Å²) in [5.41, 5.74) is 0.744. The highest BCUT2D eigenvalue weighted by atomic mass is 19.1. The van der Waals surface area contributed by atoms with E-state index < -0.39 is 0 Å². The minimum Gasteiger partial charge on any atom is -0.310 e. The maximum absolute atomic E-state index is 13.7. The summed E-state index contributed by atoms with van der Waals surface area (Å²) in [5, 5.41) is 3.37. The highest BCUT2D eigenvalue weighted by molar-refractivity contribution is 5.17. The van der Waals surface area contributed by atoms with Crippen molar-refractivity contribution in [3.8, 4) is 0 Å². The van der Waals surface area contributed by atoms with E-state index in [4.69, 9.17) is 0 Å². The van der Waals surface area contributed by atoms with Gasteiger partial charge in [-0.2, -0.15) is 0 Å². The summed E-state index contributed by atoms with van der Waals surface area (Å²) in [6.45, 7) is 7.30. The van der Waals surface area contributed by atoms with Crippen molar-refractivity contribution in [2.24, 2.45) is 5.92 Å². The summed E-state index contributed by atoms with van der Waals surface area (Å²) in [6, 6.07) is 1.89. The molecule has 0 aliphatic carbocycles. The van der Waals surface area contributed by atoms with Crippen LogP contribution in [0.25, 0.3) is 0 Å². The zero-order valence-electron chi connectivity index (χ0n) is 11.0. The number of hydrogen-bond acceptors (Lipinski definition) is 2. The van der Waals surface area contributed by atoms with Crippen LogP contribution < -0.4 is 5.32 Å². The van der Waals surface area contributed by atoms with Gasteiger partial charge in [0.05, 0.1) is 6.20 Å². The van der Waals surface area contributed by atoms with E-state index in [-0.39, 0.29) is 11.9 Å². The van der Waals surface area contributed by atoms with Gasteiger partial charge in [0.1, 0.15) is 5.82 Å². The summed E-state index contributed by atoms with van der Waals surface area (Å²) in [5.74, 6) is 0.441. The third-order valence-electron chi connectivity index (χ3n) is 3.35. The molecule has 0 aliphatic heterocycles. The molecule has 96 valence electrons. The summed E-state index contributed by atoms with van der Waals surface area (Å²) in [7, 11) is 0. The molecule has 1 atom stereocenters. The van der Waals surface area contributed by atoms with Crippen LogP contribution >= 0.6 is 0 Å². The Bertz CT molecular complexity index is 324. The lowest BCUT2D eigenvalue weighted by Gasteiger charge is -2.23. The van der Waals surface area contributed by atoms with Gasteiger partial charge in [-0.15, -0.1) is 0 Å². The van der Waals surface area contributed by atoms with Gasteiger partial charge in [0.2, 0.25) is 0 Å². The molecule has 1 rings (SSSR count). The van der Waals surface area contributed by atoms with E-state index >= 15 is 0 Å². The zero-order valence-corrected chi connectivity index (χ0v) is 11.0. The molecule has 0 bridgehead atoms. The summed E-state index contributed by atoms with van der Waals surface area (Å²) in [4.78, 5) is 3.80. The summed E-state index contributed by atoms with van der Waals surface area (Å²) in [6.07, 6.45) is 6.24. The Morgan fingerprint density at radius 1 is 1.29 bits per heavy atom. The van der Waals surface area contributed by atoms with Gasteiger partial charge in [-0.25, -0.2) is 4.39 Å². The average molecular weight is 238 g/mol. The molecule has 1 heterocycles. The Morgan fingerprint density at radius 2 is 2.00 bits per heavy atom. The smallest absolute Gasteiger partial charge is 0.146 e. The second-order valence-electron chi connectivity index (χ2n) is 4.43. The Morgan fingerprint density at radius 3 is 2.53 bits per heavy atom. The summed E-state index contributed by atoms with van der Waals surface area (Å²) >= 11 is 0. The number of halogens is 1. The monoisotopic (exact) mass is 238 g/mol. The van der Waals surface area contributed by atoms with Crippen LogP contribution in [0.1, 0.15) is 51.6 Å². The van der Waals surface area contributed by atoms with Gasteiger partial charge >= 0.3 is 0 Å². The molecular formula is C14H23FN2. The standard InChI is InChI=1S/C14H23FN2/c1-4-11(5-2)9-14(17-6-3)12-7-8-16-10-13(12)15/h7-8,10-11,14,17H,4-6,9H2,1-3H3. The number of nitrogens with one attached hydrogen (secondary N) is 1. The third kappa shape index (κ3) is 4.08. The molecule has 1 N–H and O–H groups in total. The van der Waals surface area contributed by atoms with Crippen LogP contribution in [0.2, 0.25) is 0 Å². The van der Waals surface area contributed by atoms with Crippen molar-refractivity contribution >= 4 is 0 Å². The second-order valence-corrected chi connectivity index (χ2v) is 4.43. The van der Waals surface area contributed by atoms with Crippen molar-refractivity contribution in [2.75, 3.05) is 6.54 Å². The topological polar surface area (TPSA) is 24.9 Å². The number of rotatable bonds is 7. The van der Waals surface area contributed by atoms with E-state index in [1.165, 1.54) is 6.20 Å². The van der Waals surface area contributed by atoms with E-state index in [0.29, 0.717) is 5.92 Å². The summed E-state index contributed by atoms with van der Waals surface area (Å²) < 4.78 is 13.7. The van der Waals surface area contributed by atoms with Crippen molar-refractivity contribution in [2.45, 2.75) is 46.1 Å². The molecule has 0 aliphatic rings. The van der Waals surface area contributed by atoms with E-state index in [0.717, 1.165) is 31.4 Å². The number of nitrogens with zero attached hydrogens (tertiary/aromatic N) is 1. The van der Waals surface area contributed by atoms with Crippen LogP contribution in [0.3, 0.4) is 0 Å². The van der Waals surface area contributed by atoms with Gasteiger partial charge in [0, 0.05) is 17.8 Å². The molecule has 1 aromatic heterocycles. The van der Waals surface area contributed by atoms with E-state index in [9.17, 15) is 4.39 Å². The van der Waals surface area contributed by atoms with Gasteiger partial charge in [-0.05, 0) is 24.9 Å². The molecule has 17 heavy (non-hydrogen) atoms. The van der Waals surface area contributed by atoms with Crippen molar-refractivity contribution in [3.63, 3.8) is 0 Å². The maximum Gasteiger partial charge on any atom is 0.146 e. The number of hydrogen-bond donors (Lipinski definition) is 1. The van der Waals surface area contributed by atoms with Gasteiger partial charge in [0.25, 0.3) is 0 Å². The van der Waals surface area contributed by atoms with Crippen molar-refractivity contribution in [1.29, 1.82) is 0 Å². The van der Waals surface area contributed by atoms with Crippen LogP contribution in [-0.2, 0) is 0 Å². The fourth-order valence-electron chi connectivity index (χ4n) is 2.19. The quantitative estimate of drug-likeness (QED) is 0.783. The first-order chi connectivity index (χ1) is 8.22. The Labute approximate surface area is 104 Å². The van der Waals surface area contributed by atoms with Crippen LogP contribution in [-0.4, -0.2) is 11.5 Å². The van der Waals surface area contributed by atoms with E-state index in [1.54, 1.807) is 12.3 Å². The Hall–Kier alpha value is -0.960. The molecule has 0 aromatic carbocycles. The lowest BCUT2D eigenvalue weighted by atomic mass is 9.91. The molecule has 0 saturated heterocycles. The lowest BCUT2D eigenvalue weighted by Crippen LogP contribution is -2.24. The van der Waals surface area contributed by atoms with Gasteiger partial charge in [0.15, 0.2) is 0 Å². The van der Waals surface area contributed by atoms with Crippen LogP contribution in [0.4, 0.5) is 4.39 Å². The highest BCUT2D eigenvalue weighted by Gasteiger charge is 2.18. The number of aromatic nitrogens is 1. The van der Waals surface area contributed by atoms with Gasteiger partial charge in [-0.1, -0.05) is 33.6 Å². The molecule has 0 spiro atoms. The fourth-order valence-corrected chi connectivity index (χ4v) is 2.19. The highest BCUT2D eigenvalue weighted by Crippen LogP contribution is 2.26. The molecule has 0 amide bonds. The molecule has 0 saturated carbocycles. The van der Waals surface area contributed by atoms with Crippen molar-refractivity contribution in [1.82, 2.24) is 10.3 Å². The SMILES string of the molecule is CCNC(CC(CC)CC)c1ccncc1F. The molecule has 2 nitrogen and oxygen atoms in total. The molecule has 3 heteroatoms. The Kier molecular flexibility index (Phi) is 6.12. The van der Waals surface area contributed by atoms with Crippen molar-refractivity contribution in [3.05, 3.63) is 29.8 Å². The predicted molar refractivity (Wildman–Crippen MR) is 69.3 cm³/mol. The molecule has 0 fully saturated rings. The van der Waals surface area contributed by atoms with Crippen molar-refractivity contribution < 1.29 is 4.39 Å². The zero-order chi connectivity index (χ0) is 12.7. The number of pyridine rings is 1. The fraction of sp³-hybridized carbons (Fsp3) is 0.643. The van der Waals surface area contributed by atoms with E-state index in [2.05, 4.69) is 31.1 Å². The van der Waals surface area contributed by atoms with Gasteiger partial charge < -0.3 is 5.32 Å². The second kappa shape index (κ2) is 7.38. The minimum absolute atomic E-state index is 0.105. The predicted octanol–water partition coefficient (Wildman–Crippen LogP) is 3.70. The average Bonchev–Trinajstić information content (AvgIpc) is 2.35. The first-order valence-corrected chi connectivity index (χ1v) is 6.55. The molecular weight excluding hydrogens is 215 g/mol. The molecule has 1 aromatic rings. The normalized spacial score (nSPS) is 13.0. The molecule has 0 radical (unpaired) electrons. The molecule has 1 unspecified atom stereocenters. The minimum atomic E-state index is -0.204. The van der Waals surface area contributed by atoms with Crippen LogP contribution in [0, 0.1) is 11.7 Å². The first kappa shape index (κ1) is 14.1. The van der Waals surface area contributed by atoms with Crippen LogP contribution in [0.15, 0.2) is 18.5 Å². The largest absolute Gasteiger partial charge is 0.310 e. The van der Waals surface area contributed by atoms with Crippen LogP contribution in [0.5, 0.6) is 0 Å². The first-order valence-electron chi connectivity index (χ1n) is 6.55. The maximum atomic E-state index is 13.7. The Balaban J connectivity index is 2.81. The van der Waals surface area contributed by atoms with Gasteiger partial charge in [-0.3, -0.25) is 4.98 Å². The third-order valence-corrected chi connectivity index (χ3v) is 3.35. The van der Waals surface area contributed by atoms with E-state index in [1.807, 2.05) is 0 Å². The lowest BCUT2D eigenvalue weighted by molar-refractivity contribution is 0.367.